The number of hydrogen-bond donors (Lipinski definition) is 1. The summed E-state index contributed by atoms with van der Waals surface area (Å²) in [5.41, 5.74) is -1.01. The minimum Gasteiger partial charge on any atom is -0.375 e. The minimum atomic E-state index is -1.01. The number of nitriles is 1. The van der Waals surface area contributed by atoms with Gasteiger partial charge in [0.2, 0.25) is 0 Å². The van der Waals surface area contributed by atoms with Gasteiger partial charge in [0.15, 0.2) is 5.60 Å². The van der Waals surface area contributed by atoms with Crippen molar-refractivity contribution in [3.8, 4) is 6.07 Å². The summed E-state index contributed by atoms with van der Waals surface area (Å²) in [5.74, 6) is 1.67. The molecule has 0 aromatic heterocycles. The van der Waals surface area contributed by atoms with E-state index in [1.165, 1.54) is 0 Å². The van der Waals surface area contributed by atoms with Crippen LogP contribution in [0, 0.1) is 11.3 Å². The summed E-state index contributed by atoms with van der Waals surface area (Å²) in [6.45, 7) is 0. The lowest BCUT2D eigenvalue weighted by Crippen LogP contribution is -2.32. The topological polar surface area (TPSA) is 44.0 Å². The second kappa shape index (κ2) is 2.59. The van der Waals surface area contributed by atoms with Crippen LogP contribution in [-0.2, 0) is 0 Å². The molecule has 0 aromatic rings. The Hall–Kier alpha value is -0.200. The molecule has 2 nitrogen and oxygen atoms in total. The maximum atomic E-state index is 9.30. The summed E-state index contributed by atoms with van der Waals surface area (Å²) in [6.07, 6.45) is 1.62. The van der Waals surface area contributed by atoms with Crippen LogP contribution in [-0.4, -0.2) is 22.2 Å². The molecule has 0 aromatic carbocycles. The van der Waals surface area contributed by atoms with Crippen LogP contribution in [0.4, 0.5) is 0 Å². The van der Waals surface area contributed by atoms with Crippen molar-refractivity contribution in [2.24, 2.45) is 0 Å². The fourth-order valence-corrected chi connectivity index (χ4v) is 1.91. The van der Waals surface area contributed by atoms with Crippen LogP contribution in [0.2, 0.25) is 0 Å². The number of aliphatic hydroxyl groups is 1. The quantitative estimate of drug-likeness (QED) is 0.509. The number of nitrogens with zero attached hydrogens (tertiary/aromatic N) is 1. The lowest BCUT2D eigenvalue weighted by molar-refractivity contribution is 0.111. The van der Waals surface area contributed by atoms with Gasteiger partial charge in [0.05, 0.1) is 6.07 Å². The third kappa shape index (κ3) is 1.60. The molecule has 1 unspecified atom stereocenters. The van der Waals surface area contributed by atoms with Gasteiger partial charge in [-0.3, -0.25) is 0 Å². The monoisotopic (exact) mass is 143 g/mol. The zero-order valence-electron chi connectivity index (χ0n) is 5.13. The van der Waals surface area contributed by atoms with Gasteiger partial charge in [-0.15, -0.1) is 0 Å². The molecular weight excluding hydrogens is 134 g/mol. The van der Waals surface area contributed by atoms with E-state index in [4.69, 9.17) is 5.26 Å². The van der Waals surface area contributed by atoms with E-state index in [9.17, 15) is 5.11 Å². The van der Waals surface area contributed by atoms with Crippen LogP contribution in [0.3, 0.4) is 0 Å². The highest BCUT2D eigenvalue weighted by molar-refractivity contribution is 7.99. The number of thioether (sulfide) groups is 1. The normalized spacial score (nSPS) is 35.6. The van der Waals surface area contributed by atoms with E-state index < -0.39 is 5.60 Å². The highest BCUT2D eigenvalue weighted by atomic mass is 32.2. The van der Waals surface area contributed by atoms with Crippen molar-refractivity contribution in [3.05, 3.63) is 0 Å². The van der Waals surface area contributed by atoms with Crippen LogP contribution in [0.15, 0.2) is 0 Å². The SMILES string of the molecule is N#CC1(O)CCCSC1. The van der Waals surface area contributed by atoms with Gasteiger partial charge >= 0.3 is 0 Å². The summed E-state index contributed by atoms with van der Waals surface area (Å²) >= 11 is 1.65. The van der Waals surface area contributed by atoms with E-state index in [-0.39, 0.29) is 0 Å². The first kappa shape index (κ1) is 6.91. The smallest absolute Gasteiger partial charge is 0.160 e. The second-order valence-corrected chi connectivity index (χ2v) is 3.40. The standard InChI is InChI=1S/C6H9NOS/c7-4-6(8)2-1-3-9-5-6/h8H,1-3,5H2. The Morgan fingerprint density at radius 2 is 2.44 bits per heavy atom. The van der Waals surface area contributed by atoms with Gasteiger partial charge in [0.25, 0.3) is 0 Å². The Balaban J connectivity index is 2.49. The molecule has 1 rings (SSSR count). The van der Waals surface area contributed by atoms with Gasteiger partial charge in [-0.25, -0.2) is 0 Å². The molecule has 1 atom stereocenters. The molecule has 0 saturated carbocycles. The van der Waals surface area contributed by atoms with Crippen LogP contribution in [0.25, 0.3) is 0 Å². The molecule has 1 aliphatic rings. The Kier molecular flexibility index (Phi) is 1.99. The maximum Gasteiger partial charge on any atom is 0.160 e. The maximum absolute atomic E-state index is 9.30. The van der Waals surface area contributed by atoms with E-state index in [1.54, 1.807) is 11.8 Å². The molecule has 0 bridgehead atoms. The van der Waals surface area contributed by atoms with E-state index in [0.29, 0.717) is 12.2 Å². The first-order valence-corrected chi connectivity index (χ1v) is 4.14. The number of hydrogen-bond acceptors (Lipinski definition) is 3. The van der Waals surface area contributed by atoms with Crippen LogP contribution >= 0.6 is 11.8 Å². The minimum absolute atomic E-state index is 0.587. The lowest BCUT2D eigenvalue weighted by atomic mass is 10.0. The first-order chi connectivity index (χ1) is 4.27. The fourth-order valence-electron chi connectivity index (χ4n) is 0.868. The summed E-state index contributed by atoms with van der Waals surface area (Å²) in [5, 5.41) is 17.7. The van der Waals surface area contributed by atoms with E-state index >= 15 is 0 Å². The molecule has 9 heavy (non-hydrogen) atoms. The third-order valence-electron chi connectivity index (χ3n) is 1.43. The molecule has 0 radical (unpaired) electrons. The van der Waals surface area contributed by atoms with Gasteiger partial charge in [0, 0.05) is 5.75 Å². The van der Waals surface area contributed by atoms with Crippen molar-refractivity contribution in [3.63, 3.8) is 0 Å². The van der Waals surface area contributed by atoms with E-state index in [1.807, 2.05) is 6.07 Å². The highest BCUT2D eigenvalue weighted by Gasteiger charge is 2.28. The van der Waals surface area contributed by atoms with Gasteiger partial charge < -0.3 is 5.11 Å². The summed E-state index contributed by atoms with van der Waals surface area (Å²) in [4.78, 5) is 0. The molecule has 1 heterocycles. The predicted molar refractivity (Wildman–Crippen MR) is 37.1 cm³/mol. The molecule has 1 saturated heterocycles. The molecule has 0 spiro atoms. The van der Waals surface area contributed by atoms with Crippen molar-refractivity contribution in [2.75, 3.05) is 11.5 Å². The molecule has 1 N–H and O–H groups in total. The Labute approximate surface area is 58.9 Å². The first-order valence-electron chi connectivity index (χ1n) is 2.98. The average molecular weight is 143 g/mol. The predicted octanol–water partition coefficient (Wildman–Crippen LogP) is 0.768. The summed E-state index contributed by atoms with van der Waals surface area (Å²) in [6, 6.07) is 1.92. The fraction of sp³-hybridized carbons (Fsp3) is 0.833. The zero-order chi connectivity index (χ0) is 6.74. The van der Waals surface area contributed by atoms with Crippen molar-refractivity contribution in [1.82, 2.24) is 0 Å². The van der Waals surface area contributed by atoms with Crippen molar-refractivity contribution >= 4 is 11.8 Å². The van der Waals surface area contributed by atoms with Crippen LogP contribution < -0.4 is 0 Å². The van der Waals surface area contributed by atoms with Gasteiger partial charge in [-0.05, 0) is 18.6 Å². The van der Waals surface area contributed by atoms with Gasteiger partial charge in [-0.2, -0.15) is 17.0 Å². The van der Waals surface area contributed by atoms with Gasteiger partial charge in [0.1, 0.15) is 0 Å². The molecular formula is C6H9NOS. The summed E-state index contributed by atoms with van der Waals surface area (Å²) < 4.78 is 0. The molecule has 1 fully saturated rings. The zero-order valence-corrected chi connectivity index (χ0v) is 5.95. The summed E-state index contributed by atoms with van der Waals surface area (Å²) in [7, 11) is 0. The molecule has 1 aliphatic heterocycles. The molecule has 3 heteroatoms. The van der Waals surface area contributed by atoms with Crippen molar-refractivity contribution in [1.29, 1.82) is 5.26 Å². The second-order valence-electron chi connectivity index (χ2n) is 2.30. The molecule has 0 amide bonds. The third-order valence-corrected chi connectivity index (χ3v) is 2.69. The Bertz CT molecular complexity index is 134. The van der Waals surface area contributed by atoms with Crippen LogP contribution in [0.5, 0.6) is 0 Å². The van der Waals surface area contributed by atoms with Crippen LogP contribution in [0.1, 0.15) is 12.8 Å². The molecule has 0 aliphatic carbocycles. The van der Waals surface area contributed by atoms with E-state index in [2.05, 4.69) is 0 Å². The van der Waals surface area contributed by atoms with Crippen molar-refractivity contribution in [2.45, 2.75) is 18.4 Å². The Morgan fingerprint density at radius 1 is 1.67 bits per heavy atom. The lowest BCUT2D eigenvalue weighted by Gasteiger charge is -2.23. The van der Waals surface area contributed by atoms with Gasteiger partial charge in [-0.1, -0.05) is 0 Å². The Morgan fingerprint density at radius 3 is 2.78 bits per heavy atom. The highest BCUT2D eigenvalue weighted by Crippen LogP contribution is 2.25. The largest absolute Gasteiger partial charge is 0.375 e. The average Bonchev–Trinajstić information content (AvgIpc) is 1.90. The number of rotatable bonds is 0. The van der Waals surface area contributed by atoms with Crippen molar-refractivity contribution < 1.29 is 5.11 Å². The van der Waals surface area contributed by atoms with E-state index in [0.717, 1.165) is 12.2 Å². The molecule has 50 valence electrons.